The molecule has 1 rings (SSSR count). The topological polar surface area (TPSA) is 40.1 Å². The predicted octanol–water partition coefficient (Wildman–Crippen LogP) is 1.69. The Labute approximate surface area is 70.7 Å². The zero-order chi connectivity index (χ0) is 8.43. The van der Waals surface area contributed by atoms with Crippen molar-refractivity contribution in [1.82, 2.24) is 0 Å². The molecule has 2 unspecified atom stereocenters. The summed E-state index contributed by atoms with van der Waals surface area (Å²) < 4.78 is 21.2. The molecule has 2 nitrogen and oxygen atoms in total. The zero-order valence-electron chi connectivity index (χ0n) is 7.08. The van der Waals surface area contributed by atoms with E-state index in [4.69, 9.17) is 0 Å². The van der Waals surface area contributed by atoms with Gasteiger partial charge in [-0.15, -0.1) is 0 Å². The molecule has 3 heteroatoms. The van der Waals surface area contributed by atoms with Crippen LogP contribution in [0.2, 0.25) is 0 Å². The summed E-state index contributed by atoms with van der Waals surface area (Å²) in [5.74, 6) is 1.28. The highest BCUT2D eigenvalue weighted by Crippen LogP contribution is 2.31. The van der Waals surface area contributed by atoms with Crippen LogP contribution in [-0.2, 0) is 11.1 Å². The van der Waals surface area contributed by atoms with Crippen molar-refractivity contribution in [3.8, 4) is 0 Å². The van der Waals surface area contributed by atoms with E-state index in [2.05, 4.69) is 13.8 Å². The van der Waals surface area contributed by atoms with E-state index in [9.17, 15) is 8.76 Å². The average molecular weight is 175 g/mol. The molecule has 0 saturated heterocycles. The van der Waals surface area contributed by atoms with Crippen molar-refractivity contribution in [2.24, 2.45) is 11.8 Å². The van der Waals surface area contributed by atoms with Crippen molar-refractivity contribution in [2.45, 2.75) is 38.4 Å². The third-order valence-corrected chi connectivity index (χ3v) is 3.79. The van der Waals surface area contributed by atoms with E-state index in [1.165, 1.54) is 0 Å². The summed E-state index contributed by atoms with van der Waals surface area (Å²) in [4.78, 5) is 0. The van der Waals surface area contributed by atoms with Crippen LogP contribution in [0, 0.1) is 11.8 Å². The lowest BCUT2D eigenvalue weighted by Gasteiger charge is -2.32. The summed E-state index contributed by atoms with van der Waals surface area (Å²) in [5.41, 5.74) is 0. The first kappa shape index (κ1) is 9.20. The Bertz CT molecular complexity index is 158. The van der Waals surface area contributed by atoms with Crippen molar-refractivity contribution in [3.63, 3.8) is 0 Å². The van der Waals surface area contributed by atoms with Crippen LogP contribution in [0.25, 0.3) is 0 Å². The maximum Gasteiger partial charge on any atom is 0.0218 e. The van der Waals surface area contributed by atoms with Gasteiger partial charge in [0.05, 0.1) is 0 Å². The van der Waals surface area contributed by atoms with E-state index in [1.807, 2.05) is 0 Å². The normalized spacial score (nSPS) is 41.9. The number of hydrogen-bond donors (Lipinski definition) is 0. The molecule has 0 aliphatic heterocycles. The van der Waals surface area contributed by atoms with E-state index in [1.54, 1.807) is 0 Å². The second kappa shape index (κ2) is 3.68. The quantitative estimate of drug-likeness (QED) is 0.569. The fourth-order valence-corrected chi connectivity index (χ4v) is 2.46. The highest BCUT2D eigenvalue weighted by Gasteiger charge is 2.24. The molecule has 0 aromatic heterocycles. The number of rotatable bonds is 1. The van der Waals surface area contributed by atoms with Gasteiger partial charge in [-0.25, -0.2) is 0 Å². The molecular weight excluding hydrogens is 160 g/mol. The van der Waals surface area contributed by atoms with Crippen LogP contribution in [-0.4, -0.2) is 14.0 Å². The second-order valence-electron chi connectivity index (χ2n) is 3.65. The minimum absolute atomic E-state index is 0.0683. The van der Waals surface area contributed by atoms with Crippen LogP contribution in [0.1, 0.15) is 33.1 Å². The summed E-state index contributed by atoms with van der Waals surface area (Å²) in [7, 11) is 0. The van der Waals surface area contributed by atoms with Crippen LogP contribution in [0.3, 0.4) is 0 Å². The molecule has 1 aliphatic carbocycles. The summed E-state index contributed by atoms with van der Waals surface area (Å²) in [5, 5.41) is -0.0683. The van der Waals surface area contributed by atoms with Gasteiger partial charge in [-0.05, 0) is 31.1 Å². The smallest absolute Gasteiger partial charge is 0.0218 e. The molecule has 0 heterocycles. The van der Waals surface area contributed by atoms with Crippen LogP contribution in [0.15, 0.2) is 0 Å². The largest absolute Gasteiger partial charge is 0.772 e. The van der Waals surface area contributed by atoms with E-state index < -0.39 is 11.1 Å². The van der Waals surface area contributed by atoms with Gasteiger partial charge >= 0.3 is 0 Å². The fraction of sp³-hybridized carbons (Fsp3) is 1.00. The first-order chi connectivity index (χ1) is 5.11. The molecule has 0 bridgehead atoms. The highest BCUT2D eigenvalue weighted by molar-refractivity contribution is 7.79. The van der Waals surface area contributed by atoms with Gasteiger partial charge in [0.25, 0.3) is 0 Å². The standard InChI is InChI=1S/C8H16O2S/c1-6-3-4-8(11(9)10)5-7(6)2/h6-8H,3-5H2,1-2H3,(H,9,10)/p-1/t6?,7-,8-/m1/s1. The predicted molar refractivity (Wildman–Crippen MR) is 44.9 cm³/mol. The summed E-state index contributed by atoms with van der Waals surface area (Å²) in [6.07, 6.45) is 2.79. The first-order valence-corrected chi connectivity index (χ1v) is 5.33. The van der Waals surface area contributed by atoms with E-state index in [0.717, 1.165) is 19.3 Å². The Balaban J connectivity index is 2.46. The molecule has 66 valence electrons. The summed E-state index contributed by atoms with van der Waals surface area (Å²) in [6.45, 7) is 4.35. The fourth-order valence-electron chi connectivity index (χ4n) is 1.67. The minimum Gasteiger partial charge on any atom is -0.772 e. The van der Waals surface area contributed by atoms with Gasteiger partial charge in [-0.1, -0.05) is 24.9 Å². The molecule has 0 aromatic rings. The summed E-state index contributed by atoms with van der Waals surface area (Å²) >= 11 is -1.84. The monoisotopic (exact) mass is 175 g/mol. The molecule has 11 heavy (non-hydrogen) atoms. The Hall–Kier alpha value is 0.110. The third kappa shape index (κ3) is 2.27. The highest BCUT2D eigenvalue weighted by atomic mass is 32.2. The van der Waals surface area contributed by atoms with Crippen molar-refractivity contribution in [3.05, 3.63) is 0 Å². The van der Waals surface area contributed by atoms with Gasteiger partial charge in [0.15, 0.2) is 0 Å². The Morgan fingerprint density at radius 2 is 1.91 bits per heavy atom. The van der Waals surface area contributed by atoms with Gasteiger partial charge in [-0.3, -0.25) is 4.21 Å². The van der Waals surface area contributed by atoms with Crippen molar-refractivity contribution < 1.29 is 8.76 Å². The molecule has 0 spiro atoms. The molecule has 0 amide bonds. The molecule has 0 N–H and O–H groups in total. The second-order valence-corrected chi connectivity index (χ2v) is 4.84. The molecule has 0 aromatic carbocycles. The van der Waals surface area contributed by atoms with E-state index in [-0.39, 0.29) is 5.25 Å². The van der Waals surface area contributed by atoms with Gasteiger partial charge in [0.2, 0.25) is 0 Å². The Kier molecular flexibility index (Phi) is 3.07. The molecule has 0 radical (unpaired) electrons. The van der Waals surface area contributed by atoms with Gasteiger partial charge < -0.3 is 4.55 Å². The SMILES string of the molecule is CC1CC[C@@H](S(=O)[O-])C[C@H]1C. The Morgan fingerprint density at radius 3 is 2.36 bits per heavy atom. The lowest BCUT2D eigenvalue weighted by atomic mass is 9.81. The third-order valence-electron chi connectivity index (χ3n) is 2.82. The molecule has 1 saturated carbocycles. The van der Waals surface area contributed by atoms with E-state index >= 15 is 0 Å². The minimum atomic E-state index is -1.84. The van der Waals surface area contributed by atoms with E-state index in [0.29, 0.717) is 11.8 Å². The average Bonchev–Trinajstić information content (AvgIpc) is 1.94. The van der Waals surface area contributed by atoms with Crippen molar-refractivity contribution >= 4 is 11.1 Å². The van der Waals surface area contributed by atoms with Gasteiger partial charge in [-0.2, -0.15) is 0 Å². The maximum atomic E-state index is 10.6. The van der Waals surface area contributed by atoms with Gasteiger partial charge in [0, 0.05) is 5.25 Å². The number of hydrogen-bond acceptors (Lipinski definition) is 2. The van der Waals surface area contributed by atoms with Crippen LogP contribution < -0.4 is 0 Å². The van der Waals surface area contributed by atoms with Crippen molar-refractivity contribution in [2.75, 3.05) is 0 Å². The lowest BCUT2D eigenvalue weighted by Crippen LogP contribution is -2.27. The summed E-state index contributed by atoms with van der Waals surface area (Å²) in [6, 6.07) is 0. The maximum absolute atomic E-state index is 10.6. The van der Waals surface area contributed by atoms with Crippen LogP contribution in [0.5, 0.6) is 0 Å². The molecule has 1 aliphatic rings. The van der Waals surface area contributed by atoms with Crippen LogP contribution >= 0.6 is 0 Å². The Morgan fingerprint density at radius 1 is 1.27 bits per heavy atom. The van der Waals surface area contributed by atoms with Gasteiger partial charge in [0.1, 0.15) is 0 Å². The molecular formula is C8H15O2S-. The first-order valence-electron chi connectivity index (χ1n) is 4.19. The zero-order valence-corrected chi connectivity index (χ0v) is 7.89. The lowest BCUT2D eigenvalue weighted by molar-refractivity contribution is 0.276. The molecule has 1 fully saturated rings. The van der Waals surface area contributed by atoms with Crippen LogP contribution in [0.4, 0.5) is 0 Å². The van der Waals surface area contributed by atoms with Crippen molar-refractivity contribution in [1.29, 1.82) is 0 Å². The molecule has 4 atom stereocenters.